The molecule has 2 nitrogen and oxygen atoms in total. The largest absolute Gasteiger partial charge is 0.360 e. The van der Waals surface area contributed by atoms with Gasteiger partial charge < -0.3 is 4.98 Å². The molecule has 2 aromatic rings. The fraction of sp³-hybridized carbons (Fsp3) is 0. The Labute approximate surface area is 96.5 Å². The zero-order valence-electron chi connectivity index (χ0n) is 7.68. The van der Waals surface area contributed by atoms with Crippen molar-refractivity contribution in [1.29, 1.82) is 0 Å². The van der Waals surface area contributed by atoms with E-state index in [1.807, 2.05) is 0 Å². The van der Waals surface area contributed by atoms with Gasteiger partial charge in [-0.2, -0.15) is 0 Å². The van der Waals surface area contributed by atoms with Crippen molar-refractivity contribution in [1.82, 2.24) is 4.98 Å². The molecule has 0 aliphatic carbocycles. The van der Waals surface area contributed by atoms with Gasteiger partial charge in [0.1, 0.15) is 0 Å². The van der Waals surface area contributed by atoms with E-state index in [4.69, 9.17) is 23.2 Å². The first kappa shape index (κ1) is 10.3. The quantitative estimate of drug-likeness (QED) is 0.627. The molecule has 76 valence electrons. The minimum atomic E-state index is -0.162. The Hall–Kier alpha value is -1.25. The molecule has 0 unspecified atom stereocenters. The van der Waals surface area contributed by atoms with Gasteiger partial charge in [-0.15, -0.1) is 0 Å². The van der Waals surface area contributed by atoms with Gasteiger partial charge in [-0.05, 0) is 18.2 Å². The van der Waals surface area contributed by atoms with Crippen LogP contribution < -0.4 is 0 Å². The average Bonchev–Trinajstić information content (AvgIpc) is 2.60. The topological polar surface area (TPSA) is 32.9 Å². The van der Waals surface area contributed by atoms with Gasteiger partial charge in [0.05, 0.1) is 5.02 Å². The second kappa shape index (κ2) is 3.72. The molecular weight excluding hydrogens is 233 g/mol. The zero-order chi connectivity index (χ0) is 11.0. The number of nitrogens with one attached hydrogen (secondary N) is 1. The number of ketones is 1. The van der Waals surface area contributed by atoms with Gasteiger partial charge in [0.2, 0.25) is 0 Å². The van der Waals surface area contributed by atoms with Crippen LogP contribution in [0.4, 0.5) is 0 Å². The van der Waals surface area contributed by atoms with Crippen molar-refractivity contribution in [3.63, 3.8) is 0 Å². The lowest BCUT2D eigenvalue weighted by Gasteiger charge is -1.98. The van der Waals surface area contributed by atoms with E-state index in [9.17, 15) is 4.79 Å². The molecule has 0 aliphatic rings. The molecule has 0 fully saturated rings. The third-order valence-electron chi connectivity index (χ3n) is 2.15. The second-order valence-corrected chi connectivity index (χ2v) is 3.92. The fourth-order valence-corrected chi connectivity index (χ4v) is 2.08. The lowest BCUT2D eigenvalue weighted by molar-refractivity contribution is 0.104. The summed E-state index contributed by atoms with van der Waals surface area (Å²) >= 11 is 11.9. The molecule has 0 saturated heterocycles. The van der Waals surface area contributed by atoms with Crippen LogP contribution in [0.3, 0.4) is 0 Å². The van der Waals surface area contributed by atoms with Gasteiger partial charge >= 0.3 is 0 Å². The molecule has 1 aromatic carbocycles. The highest BCUT2D eigenvalue weighted by Crippen LogP contribution is 2.30. The summed E-state index contributed by atoms with van der Waals surface area (Å²) in [5.41, 5.74) is 1.26. The number of hydrogen-bond donors (Lipinski definition) is 1. The van der Waals surface area contributed by atoms with Gasteiger partial charge in [-0.25, -0.2) is 0 Å². The molecule has 0 bridgehead atoms. The highest BCUT2D eigenvalue weighted by Gasteiger charge is 2.12. The minimum Gasteiger partial charge on any atom is -0.360 e. The molecule has 4 heteroatoms. The van der Waals surface area contributed by atoms with Crippen LogP contribution in [0.5, 0.6) is 0 Å². The maximum atomic E-state index is 11.5. The molecule has 0 amide bonds. The van der Waals surface area contributed by atoms with E-state index in [-0.39, 0.29) is 5.78 Å². The van der Waals surface area contributed by atoms with Crippen LogP contribution in [0, 0.1) is 0 Å². The summed E-state index contributed by atoms with van der Waals surface area (Å²) in [6.07, 6.45) is 2.87. The Morgan fingerprint density at radius 2 is 2.13 bits per heavy atom. The number of fused-ring (bicyclic) bond motifs is 1. The Morgan fingerprint density at radius 1 is 1.40 bits per heavy atom. The zero-order valence-corrected chi connectivity index (χ0v) is 9.19. The van der Waals surface area contributed by atoms with Crippen molar-refractivity contribution in [2.24, 2.45) is 0 Å². The minimum absolute atomic E-state index is 0.162. The number of hydrogen-bond acceptors (Lipinski definition) is 1. The van der Waals surface area contributed by atoms with Gasteiger partial charge in [-0.1, -0.05) is 29.8 Å². The van der Waals surface area contributed by atoms with Crippen molar-refractivity contribution in [2.75, 3.05) is 0 Å². The Bertz CT molecular complexity index is 557. The van der Waals surface area contributed by atoms with Crippen molar-refractivity contribution >= 4 is 39.9 Å². The van der Waals surface area contributed by atoms with Crippen LogP contribution in [0.1, 0.15) is 10.4 Å². The number of carbonyl (C=O) groups excluding carboxylic acids is 1. The van der Waals surface area contributed by atoms with E-state index in [0.717, 1.165) is 5.52 Å². The summed E-state index contributed by atoms with van der Waals surface area (Å²) in [5.74, 6) is -0.162. The number of aromatic amines is 1. The number of allylic oxidation sites excluding steroid dienone is 1. The van der Waals surface area contributed by atoms with Crippen molar-refractivity contribution in [3.8, 4) is 0 Å². The molecule has 0 saturated carbocycles. The molecule has 1 aromatic heterocycles. The van der Waals surface area contributed by atoms with E-state index in [2.05, 4.69) is 11.6 Å². The number of H-pyrrole nitrogens is 1. The number of aromatic nitrogens is 1. The van der Waals surface area contributed by atoms with E-state index >= 15 is 0 Å². The van der Waals surface area contributed by atoms with E-state index in [1.165, 1.54) is 6.08 Å². The molecule has 2 rings (SSSR count). The molecule has 0 radical (unpaired) electrons. The predicted octanol–water partition coefficient (Wildman–Crippen LogP) is 3.84. The first-order valence-corrected chi connectivity index (χ1v) is 5.02. The second-order valence-electron chi connectivity index (χ2n) is 3.08. The SMILES string of the molecule is C=CC(=O)c1c[nH]c2cc(Cl)cc(Cl)c12. The maximum absolute atomic E-state index is 11.5. The van der Waals surface area contributed by atoms with Gasteiger partial charge in [0.15, 0.2) is 5.78 Å². The molecular formula is C11H7Cl2NO. The van der Waals surface area contributed by atoms with Crippen LogP contribution in [-0.2, 0) is 0 Å². The van der Waals surface area contributed by atoms with E-state index in [0.29, 0.717) is 21.0 Å². The summed E-state index contributed by atoms with van der Waals surface area (Å²) in [5, 5.41) is 1.68. The summed E-state index contributed by atoms with van der Waals surface area (Å²) in [6.45, 7) is 3.44. The summed E-state index contributed by atoms with van der Waals surface area (Å²) in [7, 11) is 0. The van der Waals surface area contributed by atoms with Crippen LogP contribution in [0.15, 0.2) is 31.0 Å². The number of halogens is 2. The Morgan fingerprint density at radius 3 is 2.80 bits per heavy atom. The molecule has 15 heavy (non-hydrogen) atoms. The van der Waals surface area contributed by atoms with E-state index < -0.39 is 0 Å². The van der Waals surface area contributed by atoms with E-state index in [1.54, 1.807) is 18.3 Å². The standard InChI is InChI=1S/C11H7Cl2NO/c1-2-10(15)7-5-14-9-4-6(12)3-8(13)11(7)9/h2-5,14H,1H2. The number of rotatable bonds is 2. The first-order valence-electron chi connectivity index (χ1n) is 4.26. The summed E-state index contributed by atoms with van der Waals surface area (Å²) in [6, 6.07) is 3.34. The fourth-order valence-electron chi connectivity index (χ4n) is 1.49. The molecule has 0 atom stereocenters. The van der Waals surface area contributed by atoms with Crippen molar-refractivity contribution in [3.05, 3.63) is 46.6 Å². The average molecular weight is 240 g/mol. The molecule has 0 spiro atoms. The van der Waals surface area contributed by atoms with Gasteiger partial charge in [0.25, 0.3) is 0 Å². The van der Waals surface area contributed by atoms with Crippen LogP contribution in [0.25, 0.3) is 10.9 Å². The van der Waals surface area contributed by atoms with Gasteiger partial charge in [-0.3, -0.25) is 4.79 Å². The molecule has 1 N–H and O–H groups in total. The highest BCUT2D eigenvalue weighted by molar-refractivity contribution is 6.39. The number of carbonyl (C=O) groups is 1. The molecule has 0 aliphatic heterocycles. The first-order chi connectivity index (χ1) is 7.13. The van der Waals surface area contributed by atoms with Crippen LogP contribution in [-0.4, -0.2) is 10.8 Å². The lowest BCUT2D eigenvalue weighted by Crippen LogP contribution is -1.91. The van der Waals surface area contributed by atoms with Crippen LogP contribution in [0.2, 0.25) is 10.0 Å². The predicted molar refractivity (Wildman–Crippen MR) is 62.8 cm³/mol. The van der Waals surface area contributed by atoms with Crippen LogP contribution >= 0.6 is 23.2 Å². The summed E-state index contributed by atoms with van der Waals surface area (Å²) < 4.78 is 0. The Balaban J connectivity index is 2.79. The normalized spacial score (nSPS) is 10.5. The molecule has 1 heterocycles. The lowest BCUT2D eigenvalue weighted by atomic mass is 10.1. The van der Waals surface area contributed by atoms with Crippen molar-refractivity contribution in [2.45, 2.75) is 0 Å². The smallest absolute Gasteiger partial charge is 0.187 e. The monoisotopic (exact) mass is 239 g/mol. The Kier molecular flexibility index (Phi) is 2.55. The third-order valence-corrected chi connectivity index (χ3v) is 2.66. The third kappa shape index (κ3) is 1.66. The highest BCUT2D eigenvalue weighted by atomic mass is 35.5. The number of benzene rings is 1. The van der Waals surface area contributed by atoms with Crippen molar-refractivity contribution < 1.29 is 4.79 Å². The van der Waals surface area contributed by atoms with Gasteiger partial charge in [0, 0.05) is 27.7 Å². The maximum Gasteiger partial charge on any atom is 0.187 e. The summed E-state index contributed by atoms with van der Waals surface area (Å²) in [4.78, 5) is 14.4.